The molecule has 0 saturated heterocycles. The number of benzene rings is 2. The number of halogens is 4. The van der Waals surface area contributed by atoms with Crippen LogP contribution in [-0.4, -0.2) is 17.3 Å². The Kier molecular flexibility index (Phi) is 5.85. The minimum absolute atomic E-state index is 0.0896. The Balaban J connectivity index is 1.51. The van der Waals surface area contributed by atoms with Crippen molar-refractivity contribution in [3.63, 3.8) is 0 Å². The van der Waals surface area contributed by atoms with Crippen LogP contribution in [0.5, 0.6) is 5.75 Å². The topological polar surface area (TPSA) is 88.2 Å². The number of ether oxygens (including phenoxy) is 1. The maximum atomic E-state index is 13.1. The molecule has 0 bridgehead atoms. The van der Waals surface area contributed by atoms with Crippen LogP contribution in [0.4, 0.5) is 22.7 Å². The summed E-state index contributed by atoms with van der Waals surface area (Å²) in [5.41, 5.74) is 0.681. The van der Waals surface area contributed by atoms with Crippen molar-refractivity contribution in [3.8, 4) is 23.1 Å². The lowest BCUT2D eigenvalue weighted by Gasteiger charge is -2.07. The Morgan fingerprint density at radius 1 is 1.15 bits per heavy atom. The molecular formula is C22H11F4N3O3S. The van der Waals surface area contributed by atoms with Crippen molar-refractivity contribution in [2.75, 3.05) is 5.32 Å². The number of fused-ring (bicyclic) bond motifs is 1. The Bertz CT molecular complexity index is 1400. The number of rotatable bonds is 5. The number of nitrogens with zero attached hydrogens (tertiary/aromatic N) is 2. The largest absolute Gasteiger partial charge is 0.573 e. The molecule has 0 aliphatic carbocycles. The first-order valence-corrected chi connectivity index (χ1v) is 9.97. The van der Waals surface area contributed by atoms with Gasteiger partial charge in [-0.25, -0.2) is 9.37 Å². The smallest absolute Gasteiger partial charge is 0.457 e. The summed E-state index contributed by atoms with van der Waals surface area (Å²) in [4.78, 5) is 16.6. The lowest BCUT2D eigenvalue weighted by molar-refractivity contribution is -0.274. The van der Waals surface area contributed by atoms with Gasteiger partial charge in [0.2, 0.25) is 0 Å². The number of carbonyl (C=O) groups excluding carboxylic acids is 1. The van der Waals surface area contributed by atoms with Crippen LogP contribution in [0.25, 0.3) is 27.6 Å². The highest BCUT2D eigenvalue weighted by molar-refractivity contribution is 7.22. The molecule has 11 heteroatoms. The summed E-state index contributed by atoms with van der Waals surface area (Å²) in [7, 11) is 0. The van der Waals surface area contributed by atoms with Crippen molar-refractivity contribution < 1.29 is 31.5 Å². The molecule has 166 valence electrons. The summed E-state index contributed by atoms with van der Waals surface area (Å²) in [6.07, 6.45) is -3.60. The Hall–Kier alpha value is -4.17. The maximum Gasteiger partial charge on any atom is 0.573 e. The van der Waals surface area contributed by atoms with Gasteiger partial charge in [-0.2, -0.15) is 5.26 Å². The molecule has 1 N–H and O–H groups in total. The van der Waals surface area contributed by atoms with Crippen molar-refractivity contribution in [2.24, 2.45) is 0 Å². The van der Waals surface area contributed by atoms with E-state index in [0.29, 0.717) is 21.5 Å². The molecule has 2 heterocycles. The third-order valence-corrected chi connectivity index (χ3v) is 5.15. The number of alkyl halides is 3. The number of aromatic nitrogens is 1. The van der Waals surface area contributed by atoms with E-state index in [1.807, 2.05) is 0 Å². The van der Waals surface area contributed by atoms with E-state index in [1.54, 1.807) is 18.2 Å². The zero-order valence-electron chi connectivity index (χ0n) is 16.3. The number of hydrogen-bond donors (Lipinski definition) is 1. The number of anilines is 1. The highest BCUT2D eigenvalue weighted by Crippen LogP contribution is 2.32. The third-order valence-electron chi connectivity index (χ3n) is 4.22. The third kappa shape index (κ3) is 5.36. The van der Waals surface area contributed by atoms with Gasteiger partial charge in [0.25, 0.3) is 5.91 Å². The number of furan rings is 1. The maximum absolute atomic E-state index is 13.1. The molecule has 0 atom stereocenters. The summed E-state index contributed by atoms with van der Waals surface area (Å²) >= 11 is 0.921. The summed E-state index contributed by atoms with van der Waals surface area (Å²) in [6.45, 7) is 0. The van der Waals surface area contributed by atoms with Crippen LogP contribution >= 0.6 is 11.3 Å². The number of nitrogens with one attached hydrogen (secondary N) is 1. The summed E-state index contributed by atoms with van der Waals surface area (Å²) < 4.78 is 60.1. The lowest BCUT2D eigenvalue weighted by atomic mass is 10.2. The van der Waals surface area contributed by atoms with Gasteiger partial charge < -0.3 is 9.15 Å². The van der Waals surface area contributed by atoms with Crippen LogP contribution in [0.15, 0.2) is 64.6 Å². The second-order valence-corrected chi connectivity index (χ2v) is 7.56. The molecule has 0 unspecified atom stereocenters. The van der Waals surface area contributed by atoms with Gasteiger partial charge in [0, 0.05) is 17.7 Å². The van der Waals surface area contributed by atoms with Crippen LogP contribution in [0.2, 0.25) is 0 Å². The second kappa shape index (κ2) is 8.76. The number of carbonyl (C=O) groups is 1. The summed E-state index contributed by atoms with van der Waals surface area (Å²) in [5, 5.41) is 11.9. The summed E-state index contributed by atoms with van der Waals surface area (Å²) in [6, 6.07) is 14.1. The number of hydrogen-bond acceptors (Lipinski definition) is 6. The fraction of sp³-hybridized carbons (Fsp3) is 0.0455. The monoisotopic (exact) mass is 473 g/mol. The minimum Gasteiger partial charge on any atom is -0.457 e. The van der Waals surface area contributed by atoms with Crippen LogP contribution in [-0.2, 0) is 4.79 Å². The summed E-state index contributed by atoms with van der Waals surface area (Å²) in [5.74, 6) is -0.943. The molecule has 0 spiro atoms. The molecule has 0 saturated carbocycles. The highest BCUT2D eigenvalue weighted by Gasteiger charge is 2.31. The average Bonchev–Trinajstić information content (AvgIpc) is 3.37. The fourth-order valence-electron chi connectivity index (χ4n) is 2.81. The molecule has 1 amide bonds. The van der Waals surface area contributed by atoms with Gasteiger partial charge in [0.05, 0.1) is 10.2 Å². The van der Waals surface area contributed by atoms with E-state index in [-0.39, 0.29) is 16.5 Å². The predicted molar refractivity (Wildman–Crippen MR) is 113 cm³/mol. The van der Waals surface area contributed by atoms with Gasteiger partial charge in [-0.3, -0.25) is 10.1 Å². The van der Waals surface area contributed by atoms with Gasteiger partial charge in [-0.1, -0.05) is 11.3 Å². The fourth-order valence-corrected chi connectivity index (χ4v) is 3.70. The van der Waals surface area contributed by atoms with Crippen LogP contribution in [0.1, 0.15) is 5.76 Å². The molecular weight excluding hydrogens is 462 g/mol. The first kappa shape index (κ1) is 22.0. The molecule has 0 fully saturated rings. The van der Waals surface area contributed by atoms with Crippen molar-refractivity contribution in [3.05, 3.63) is 71.7 Å². The molecule has 4 rings (SSSR count). The molecule has 6 nitrogen and oxygen atoms in total. The quantitative estimate of drug-likeness (QED) is 0.214. The van der Waals surface area contributed by atoms with Crippen LogP contribution in [0.3, 0.4) is 0 Å². The number of amides is 1. The van der Waals surface area contributed by atoms with Gasteiger partial charge in [0.1, 0.15) is 34.7 Å². The molecule has 0 aliphatic rings. The van der Waals surface area contributed by atoms with Crippen molar-refractivity contribution in [1.29, 1.82) is 5.26 Å². The number of thiazole rings is 1. The van der Waals surface area contributed by atoms with Crippen molar-refractivity contribution >= 4 is 38.7 Å². The van der Waals surface area contributed by atoms with E-state index in [0.717, 1.165) is 23.5 Å². The van der Waals surface area contributed by atoms with Gasteiger partial charge >= 0.3 is 6.36 Å². The van der Waals surface area contributed by atoms with E-state index >= 15 is 0 Å². The molecule has 33 heavy (non-hydrogen) atoms. The Morgan fingerprint density at radius 2 is 1.91 bits per heavy atom. The minimum atomic E-state index is -4.83. The van der Waals surface area contributed by atoms with E-state index in [9.17, 15) is 27.6 Å². The normalized spacial score (nSPS) is 11.9. The van der Waals surface area contributed by atoms with Gasteiger partial charge in [0.15, 0.2) is 5.13 Å². The van der Waals surface area contributed by atoms with Crippen LogP contribution < -0.4 is 10.1 Å². The molecule has 4 aromatic rings. The first-order chi connectivity index (χ1) is 15.7. The standard InChI is InChI=1S/C22H11F4N3O3S/c23-14-3-1-12(2-4-14)18-8-6-15(31-18)9-13(11-27)20(30)29-21-28-17-7-5-16(10-19(17)33-21)32-22(24,25)26/h1-10H,(H,28,29,30)/b13-9+. The molecule has 2 aromatic heterocycles. The van der Waals surface area contributed by atoms with E-state index in [4.69, 9.17) is 4.42 Å². The molecule has 0 aliphatic heterocycles. The van der Waals surface area contributed by atoms with Crippen molar-refractivity contribution in [1.82, 2.24) is 4.98 Å². The van der Waals surface area contributed by atoms with Gasteiger partial charge in [-0.15, -0.1) is 13.2 Å². The van der Waals surface area contributed by atoms with E-state index in [1.165, 1.54) is 36.4 Å². The highest BCUT2D eigenvalue weighted by atomic mass is 32.1. The SMILES string of the molecule is N#C/C(=C\c1ccc(-c2ccc(F)cc2)o1)C(=O)Nc1nc2ccc(OC(F)(F)F)cc2s1. The second-order valence-electron chi connectivity index (χ2n) is 6.53. The van der Waals surface area contributed by atoms with E-state index < -0.39 is 23.8 Å². The Labute approximate surface area is 187 Å². The van der Waals surface area contributed by atoms with Crippen molar-refractivity contribution in [2.45, 2.75) is 6.36 Å². The first-order valence-electron chi connectivity index (χ1n) is 9.15. The predicted octanol–water partition coefficient (Wildman–Crippen LogP) is 6.14. The van der Waals surface area contributed by atoms with E-state index in [2.05, 4.69) is 15.0 Å². The van der Waals surface area contributed by atoms with Crippen LogP contribution in [0, 0.1) is 17.1 Å². The zero-order chi connectivity index (χ0) is 23.6. The number of nitriles is 1. The molecule has 2 aromatic carbocycles. The lowest BCUT2D eigenvalue weighted by Crippen LogP contribution is -2.16. The zero-order valence-corrected chi connectivity index (χ0v) is 17.1. The molecule has 0 radical (unpaired) electrons. The average molecular weight is 473 g/mol. The van der Waals surface area contributed by atoms with Gasteiger partial charge in [-0.05, 0) is 48.5 Å². The Morgan fingerprint density at radius 3 is 2.61 bits per heavy atom.